The van der Waals surface area contributed by atoms with Gasteiger partial charge in [-0.15, -0.1) is 0 Å². The molecule has 2 aliphatic carbocycles. The van der Waals surface area contributed by atoms with Crippen LogP contribution < -0.4 is 10.6 Å². The smallest absolute Gasteiger partial charge is 0.277 e. The minimum absolute atomic E-state index is 0.0798. The van der Waals surface area contributed by atoms with E-state index in [1.807, 2.05) is 36.4 Å². The van der Waals surface area contributed by atoms with E-state index < -0.39 is 6.04 Å². The second kappa shape index (κ2) is 7.09. The van der Waals surface area contributed by atoms with E-state index in [0.717, 1.165) is 30.4 Å². The van der Waals surface area contributed by atoms with Gasteiger partial charge >= 0.3 is 0 Å². The van der Waals surface area contributed by atoms with Crippen LogP contribution in [0.2, 0.25) is 0 Å². The molecule has 146 valence electrons. The molecule has 1 aromatic carbocycles. The quantitative estimate of drug-likeness (QED) is 0.831. The minimum atomic E-state index is -0.618. The Morgan fingerprint density at radius 3 is 2.97 bits per heavy atom. The van der Waals surface area contributed by atoms with Crippen molar-refractivity contribution in [2.45, 2.75) is 49.7 Å². The summed E-state index contributed by atoms with van der Waals surface area (Å²) in [5.41, 5.74) is 3.20. The third kappa shape index (κ3) is 3.12. The van der Waals surface area contributed by atoms with E-state index in [2.05, 4.69) is 21.7 Å². The predicted octanol–water partition coefficient (Wildman–Crippen LogP) is 2.40. The Hall–Kier alpha value is -3.04. The number of nitrogens with zero attached hydrogens (tertiary/aromatic N) is 2. The van der Waals surface area contributed by atoms with E-state index in [1.165, 1.54) is 0 Å². The maximum Gasteiger partial charge on any atom is 0.277 e. The summed E-state index contributed by atoms with van der Waals surface area (Å²) in [6.07, 6.45) is 9.35. The van der Waals surface area contributed by atoms with Crippen molar-refractivity contribution in [2.24, 2.45) is 10.9 Å². The summed E-state index contributed by atoms with van der Waals surface area (Å²) in [6, 6.07) is 9.36. The number of hydrogen-bond donors (Lipinski definition) is 2. The Morgan fingerprint density at radius 2 is 2.21 bits per heavy atom. The van der Waals surface area contributed by atoms with Gasteiger partial charge in [-0.25, -0.2) is 4.99 Å². The van der Waals surface area contributed by atoms with E-state index in [0.29, 0.717) is 29.7 Å². The SMILES string of the molecule is N#CC(CC1=CC=CC2=NC(=O)c3ccccc3C12)NC(=O)[C@H]1N[C@@H]2CC[C@H]1C2. The fraction of sp³-hybridized carbons (Fsp3) is 0.391. The van der Waals surface area contributed by atoms with Gasteiger partial charge in [-0.3, -0.25) is 9.59 Å². The summed E-state index contributed by atoms with van der Waals surface area (Å²) >= 11 is 0. The summed E-state index contributed by atoms with van der Waals surface area (Å²) in [5.74, 6) is -0.0810. The molecule has 4 aliphatic rings. The molecule has 2 aliphatic heterocycles. The molecule has 5 rings (SSSR count). The first-order valence-corrected chi connectivity index (χ1v) is 10.2. The molecular formula is C23H22N4O2. The molecule has 29 heavy (non-hydrogen) atoms. The Kier molecular flexibility index (Phi) is 4.40. The number of amides is 2. The summed E-state index contributed by atoms with van der Waals surface area (Å²) in [7, 11) is 0. The van der Waals surface area contributed by atoms with Crippen LogP contribution in [0.1, 0.15) is 47.5 Å². The van der Waals surface area contributed by atoms with Crippen molar-refractivity contribution in [3.63, 3.8) is 0 Å². The molecule has 2 unspecified atom stereocenters. The van der Waals surface area contributed by atoms with Crippen LogP contribution in [0, 0.1) is 17.2 Å². The molecule has 2 N–H and O–H groups in total. The number of nitrogens with one attached hydrogen (secondary N) is 2. The Balaban J connectivity index is 1.35. The highest BCUT2D eigenvalue weighted by atomic mass is 16.2. The molecule has 1 saturated heterocycles. The van der Waals surface area contributed by atoms with Gasteiger partial charge in [0.1, 0.15) is 6.04 Å². The number of rotatable bonds is 4. The van der Waals surface area contributed by atoms with Gasteiger partial charge < -0.3 is 10.6 Å². The van der Waals surface area contributed by atoms with Crippen LogP contribution in [0.3, 0.4) is 0 Å². The average molecular weight is 386 g/mol. The molecule has 0 spiro atoms. The normalized spacial score (nSPS) is 30.0. The van der Waals surface area contributed by atoms with E-state index in [4.69, 9.17) is 0 Å². The summed E-state index contributed by atoms with van der Waals surface area (Å²) < 4.78 is 0. The van der Waals surface area contributed by atoms with Crippen LogP contribution in [0.15, 0.2) is 53.1 Å². The number of nitriles is 1. The van der Waals surface area contributed by atoms with Crippen LogP contribution >= 0.6 is 0 Å². The van der Waals surface area contributed by atoms with Crippen LogP contribution in [-0.4, -0.2) is 35.7 Å². The number of carbonyl (C=O) groups excluding carboxylic acids is 2. The molecule has 0 aromatic heterocycles. The number of piperidine rings is 1. The van der Waals surface area contributed by atoms with Crippen molar-refractivity contribution in [1.29, 1.82) is 5.26 Å². The molecule has 6 nitrogen and oxygen atoms in total. The molecule has 2 heterocycles. The van der Waals surface area contributed by atoms with Crippen molar-refractivity contribution in [1.82, 2.24) is 10.6 Å². The van der Waals surface area contributed by atoms with Crippen LogP contribution in [-0.2, 0) is 4.79 Å². The van der Waals surface area contributed by atoms with Gasteiger partial charge in [0.05, 0.1) is 17.8 Å². The lowest BCUT2D eigenvalue weighted by molar-refractivity contribution is -0.124. The van der Waals surface area contributed by atoms with Gasteiger partial charge in [0.2, 0.25) is 5.91 Å². The molecule has 1 saturated carbocycles. The van der Waals surface area contributed by atoms with Crippen molar-refractivity contribution >= 4 is 17.5 Å². The van der Waals surface area contributed by atoms with Crippen molar-refractivity contribution in [2.75, 3.05) is 0 Å². The van der Waals surface area contributed by atoms with Crippen LogP contribution in [0.5, 0.6) is 0 Å². The molecular weight excluding hydrogens is 364 g/mol. The van der Waals surface area contributed by atoms with Gasteiger partial charge in [-0.2, -0.15) is 5.26 Å². The maximum absolute atomic E-state index is 12.7. The Bertz CT molecular complexity index is 1020. The van der Waals surface area contributed by atoms with E-state index >= 15 is 0 Å². The van der Waals surface area contributed by atoms with Crippen LogP contribution in [0.25, 0.3) is 0 Å². The van der Waals surface area contributed by atoms with Gasteiger partial charge in [0.15, 0.2) is 0 Å². The summed E-state index contributed by atoms with van der Waals surface area (Å²) in [4.78, 5) is 29.3. The highest BCUT2D eigenvalue weighted by molar-refractivity contribution is 6.16. The molecule has 1 aromatic rings. The van der Waals surface area contributed by atoms with Gasteiger partial charge in [0.25, 0.3) is 5.91 Å². The standard InChI is InChI=1S/C23H22N4O2/c24-12-16(26-23(29)21-14-8-9-15(11-14)25-21)10-13-4-3-7-19-20(13)17-5-1-2-6-18(17)22(28)27-19/h1-7,14-16,20-21,25H,8-11H2,(H,26,29)/t14-,15+,16?,20?,21-/m0/s1. The molecule has 5 atom stereocenters. The number of hydrogen-bond acceptors (Lipinski definition) is 4. The van der Waals surface area contributed by atoms with E-state index in [-0.39, 0.29) is 23.8 Å². The first-order valence-electron chi connectivity index (χ1n) is 10.2. The lowest BCUT2D eigenvalue weighted by atomic mass is 9.77. The largest absolute Gasteiger partial charge is 0.339 e. The van der Waals surface area contributed by atoms with Gasteiger partial charge in [0, 0.05) is 23.9 Å². The second-order valence-electron chi connectivity index (χ2n) is 8.27. The first kappa shape index (κ1) is 18.0. The minimum Gasteiger partial charge on any atom is -0.339 e. The third-order valence-corrected chi connectivity index (χ3v) is 6.53. The summed E-state index contributed by atoms with van der Waals surface area (Å²) in [5, 5.41) is 16.0. The second-order valence-corrected chi connectivity index (χ2v) is 8.27. The van der Waals surface area contributed by atoms with Gasteiger partial charge in [-0.05, 0) is 42.9 Å². The fourth-order valence-electron chi connectivity index (χ4n) is 5.20. The molecule has 2 bridgehead atoms. The molecule has 2 amide bonds. The monoisotopic (exact) mass is 386 g/mol. The highest BCUT2D eigenvalue weighted by Gasteiger charge is 2.43. The number of aliphatic imine (C=N–C) groups is 1. The Labute approximate surface area is 169 Å². The molecule has 6 heteroatoms. The molecule has 0 radical (unpaired) electrons. The number of fused-ring (bicyclic) bond motifs is 5. The Morgan fingerprint density at radius 1 is 1.34 bits per heavy atom. The van der Waals surface area contributed by atoms with E-state index in [9.17, 15) is 14.9 Å². The van der Waals surface area contributed by atoms with Crippen molar-refractivity contribution < 1.29 is 9.59 Å². The lowest BCUT2D eigenvalue weighted by Gasteiger charge is -2.30. The lowest BCUT2D eigenvalue weighted by Crippen LogP contribution is -2.50. The summed E-state index contributed by atoms with van der Waals surface area (Å²) in [6.45, 7) is 0. The highest BCUT2D eigenvalue weighted by Crippen LogP contribution is 2.38. The number of carbonyl (C=O) groups is 2. The zero-order chi connectivity index (χ0) is 20.0. The average Bonchev–Trinajstić information content (AvgIpc) is 3.37. The van der Waals surface area contributed by atoms with Crippen molar-refractivity contribution in [3.05, 3.63) is 59.2 Å². The molecule has 2 fully saturated rings. The third-order valence-electron chi connectivity index (χ3n) is 6.53. The van der Waals surface area contributed by atoms with Gasteiger partial charge in [-0.1, -0.05) is 35.9 Å². The number of benzene rings is 1. The predicted molar refractivity (Wildman–Crippen MR) is 108 cm³/mol. The van der Waals surface area contributed by atoms with Crippen LogP contribution in [0.4, 0.5) is 0 Å². The zero-order valence-electron chi connectivity index (χ0n) is 16.0. The topological polar surface area (TPSA) is 94.3 Å². The number of allylic oxidation sites excluding steroid dienone is 3. The maximum atomic E-state index is 12.7. The zero-order valence-corrected chi connectivity index (χ0v) is 16.0. The fourth-order valence-corrected chi connectivity index (χ4v) is 5.20. The first-order chi connectivity index (χ1) is 14.1. The van der Waals surface area contributed by atoms with Crippen molar-refractivity contribution in [3.8, 4) is 6.07 Å². The van der Waals surface area contributed by atoms with E-state index in [1.54, 1.807) is 6.07 Å².